The van der Waals surface area contributed by atoms with Gasteiger partial charge in [0.15, 0.2) is 5.78 Å². The van der Waals surface area contributed by atoms with Crippen LogP contribution in [0.25, 0.3) is 0 Å². The Morgan fingerprint density at radius 3 is 2.33 bits per heavy atom. The van der Waals surface area contributed by atoms with Crippen LogP contribution in [0.15, 0.2) is 24.3 Å². The number of hydrogen-bond donors (Lipinski definition) is 1. The average Bonchev–Trinajstić information content (AvgIpc) is 3.03. The molecule has 0 saturated carbocycles. The lowest BCUT2D eigenvalue weighted by Crippen LogP contribution is -2.37. The van der Waals surface area contributed by atoms with Crippen molar-refractivity contribution in [2.75, 3.05) is 33.4 Å². The number of H-pyrrole nitrogens is 1. The Hall–Kier alpha value is -2.93. The van der Waals surface area contributed by atoms with Crippen LogP contribution in [0.3, 0.4) is 0 Å². The predicted octanol–water partition coefficient (Wildman–Crippen LogP) is 3.48. The monoisotopic (exact) mass is 414 g/mol. The number of Topliss-reactive ketones (excluding diaryl/α,β-unsaturated/α-hetero) is 1. The quantitative estimate of drug-likeness (QED) is 0.365. The van der Waals surface area contributed by atoms with Crippen molar-refractivity contribution < 1.29 is 23.9 Å². The Morgan fingerprint density at radius 1 is 1.07 bits per heavy atom. The van der Waals surface area contributed by atoms with Gasteiger partial charge >= 0.3 is 5.97 Å². The third-order valence-corrected chi connectivity index (χ3v) is 4.95. The number of methoxy groups -OCH3 is 1. The average molecular weight is 415 g/mol. The van der Waals surface area contributed by atoms with E-state index in [1.807, 2.05) is 26.0 Å². The van der Waals surface area contributed by atoms with Gasteiger partial charge in [0.05, 0.1) is 13.7 Å². The number of aromatic nitrogens is 1. The summed E-state index contributed by atoms with van der Waals surface area (Å²) < 4.78 is 10.1. The molecule has 7 heteroatoms. The standard InChI is InChI=1S/C23H30N2O5/c1-6-30-13-7-12-25(22(27)18-10-8-15(2)9-11-18)14-19(26)20-16(3)21(23(28)29-5)24-17(20)4/h8-11,24H,6-7,12-14H2,1-5H3. The van der Waals surface area contributed by atoms with Gasteiger partial charge in [0.25, 0.3) is 5.91 Å². The SMILES string of the molecule is CCOCCCN(CC(=O)c1c(C)[nH]c(C(=O)OC)c1C)C(=O)c1ccc(C)cc1. The van der Waals surface area contributed by atoms with E-state index in [-0.39, 0.29) is 23.9 Å². The highest BCUT2D eigenvalue weighted by atomic mass is 16.5. The molecule has 0 aliphatic heterocycles. The maximum absolute atomic E-state index is 13.1. The third kappa shape index (κ3) is 5.57. The fraction of sp³-hybridized carbons (Fsp3) is 0.435. The van der Waals surface area contributed by atoms with Crippen LogP contribution in [0.2, 0.25) is 0 Å². The molecule has 1 heterocycles. The summed E-state index contributed by atoms with van der Waals surface area (Å²) in [6.45, 7) is 8.71. The fourth-order valence-electron chi connectivity index (χ4n) is 3.36. The van der Waals surface area contributed by atoms with Crippen LogP contribution in [-0.4, -0.2) is 61.0 Å². The summed E-state index contributed by atoms with van der Waals surface area (Å²) >= 11 is 0. The molecule has 1 aromatic carbocycles. The van der Waals surface area contributed by atoms with Gasteiger partial charge in [0, 0.05) is 36.6 Å². The number of nitrogens with one attached hydrogen (secondary N) is 1. The molecule has 0 spiro atoms. The van der Waals surface area contributed by atoms with E-state index in [1.165, 1.54) is 12.0 Å². The highest BCUT2D eigenvalue weighted by Gasteiger charge is 2.25. The van der Waals surface area contributed by atoms with Crippen LogP contribution in [0.4, 0.5) is 0 Å². The van der Waals surface area contributed by atoms with E-state index in [0.717, 1.165) is 5.56 Å². The molecule has 7 nitrogen and oxygen atoms in total. The number of aryl methyl sites for hydroxylation is 2. The summed E-state index contributed by atoms with van der Waals surface area (Å²) in [6.07, 6.45) is 0.622. The second-order valence-corrected chi connectivity index (χ2v) is 7.18. The van der Waals surface area contributed by atoms with E-state index < -0.39 is 5.97 Å². The van der Waals surface area contributed by atoms with Crippen molar-refractivity contribution in [3.63, 3.8) is 0 Å². The number of rotatable bonds is 10. The molecule has 0 saturated heterocycles. The number of amides is 1. The zero-order valence-electron chi connectivity index (χ0n) is 18.3. The Kier molecular flexibility index (Phi) is 8.35. The van der Waals surface area contributed by atoms with E-state index in [4.69, 9.17) is 9.47 Å². The number of ketones is 1. The predicted molar refractivity (Wildman–Crippen MR) is 114 cm³/mol. The molecule has 0 bridgehead atoms. The molecule has 162 valence electrons. The van der Waals surface area contributed by atoms with Crippen molar-refractivity contribution >= 4 is 17.7 Å². The van der Waals surface area contributed by atoms with Crippen LogP contribution >= 0.6 is 0 Å². The number of ether oxygens (including phenoxy) is 2. The Morgan fingerprint density at radius 2 is 1.73 bits per heavy atom. The third-order valence-electron chi connectivity index (χ3n) is 4.95. The summed E-state index contributed by atoms with van der Waals surface area (Å²) in [5, 5.41) is 0. The Balaban J connectivity index is 2.25. The first kappa shape index (κ1) is 23.3. The van der Waals surface area contributed by atoms with Gasteiger partial charge in [0.2, 0.25) is 0 Å². The normalized spacial score (nSPS) is 10.7. The van der Waals surface area contributed by atoms with Gasteiger partial charge in [-0.3, -0.25) is 9.59 Å². The highest BCUT2D eigenvalue weighted by molar-refractivity contribution is 6.05. The minimum atomic E-state index is -0.529. The van der Waals surface area contributed by atoms with Gasteiger partial charge in [-0.05, 0) is 51.8 Å². The summed E-state index contributed by atoms with van der Waals surface area (Å²) in [4.78, 5) is 42.6. The first-order chi connectivity index (χ1) is 14.3. The van der Waals surface area contributed by atoms with Crippen molar-refractivity contribution in [3.05, 3.63) is 57.9 Å². The van der Waals surface area contributed by atoms with Crippen molar-refractivity contribution in [2.45, 2.75) is 34.1 Å². The lowest BCUT2D eigenvalue weighted by molar-refractivity contribution is 0.0593. The second kappa shape index (κ2) is 10.7. The van der Waals surface area contributed by atoms with Gasteiger partial charge in [-0.15, -0.1) is 0 Å². The molecule has 2 aromatic rings. The van der Waals surface area contributed by atoms with Crippen LogP contribution in [0.1, 0.15) is 61.4 Å². The van der Waals surface area contributed by atoms with E-state index in [2.05, 4.69) is 4.98 Å². The molecule has 1 aromatic heterocycles. The van der Waals surface area contributed by atoms with Crippen molar-refractivity contribution in [2.24, 2.45) is 0 Å². The van der Waals surface area contributed by atoms with Crippen LogP contribution in [0, 0.1) is 20.8 Å². The molecule has 2 rings (SSSR count). The smallest absolute Gasteiger partial charge is 0.354 e. The van der Waals surface area contributed by atoms with Gasteiger partial charge in [-0.25, -0.2) is 4.79 Å². The van der Waals surface area contributed by atoms with Crippen LogP contribution in [-0.2, 0) is 9.47 Å². The molecule has 0 unspecified atom stereocenters. The van der Waals surface area contributed by atoms with E-state index >= 15 is 0 Å². The molecule has 0 fully saturated rings. The summed E-state index contributed by atoms with van der Waals surface area (Å²) in [6, 6.07) is 7.27. The lowest BCUT2D eigenvalue weighted by atomic mass is 10.0. The van der Waals surface area contributed by atoms with Gasteiger partial charge < -0.3 is 19.4 Å². The topological polar surface area (TPSA) is 88.7 Å². The first-order valence-corrected chi connectivity index (χ1v) is 10.0. The number of esters is 1. The maximum atomic E-state index is 13.1. The zero-order chi connectivity index (χ0) is 22.3. The summed E-state index contributed by atoms with van der Waals surface area (Å²) in [5.41, 5.74) is 3.37. The molecule has 0 aliphatic carbocycles. The molecule has 0 radical (unpaired) electrons. The minimum absolute atomic E-state index is 0.0843. The first-order valence-electron chi connectivity index (χ1n) is 10.0. The van der Waals surface area contributed by atoms with E-state index in [1.54, 1.807) is 26.0 Å². The Bertz CT molecular complexity index is 899. The van der Waals surface area contributed by atoms with Gasteiger partial charge in [0.1, 0.15) is 5.69 Å². The summed E-state index contributed by atoms with van der Waals surface area (Å²) in [7, 11) is 1.29. The van der Waals surface area contributed by atoms with Crippen molar-refractivity contribution in [1.29, 1.82) is 0 Å². The number of nitrogens with zero attached hydrogens (tertiary/aromatic N) is 1. The number of benzene rings is 1. The Labute approximate surface area is 177 Å². The molecule has 1 amide bonds. The van der Waals surface area contributed by atoms with Crippen molar-refractivity contribution in [1.82, 2.24) is 9.88 Å². The number of hydrogen-bond acceptors (Lipinski definition) is 5. The van der Waals surface area contributed by atoms with Gasteiger partial charge in [-0.2, -0.15) is 0 Å². The fourth-order valence-corrected chi connectivity index (χ4v) is 3.36. The molecule has 1 N–H and O–H groups in total. The van der Waals surface area contributed by atoms with Crippen molar-refractivity contribution in [3.8, 4) is 0 Å². The molecular formula is C23H30N2O5. The minimum Gasteiger partial charge on any atom is -0.464 e. The van der Waals surface area contributed by atoms with Gasteiger partial charge in [-0.1, -0.05) is 17.7 Å². The number of aromatic amines is 1. The maximum Gasteiger partial charge on any atom is 0.354 e. The number of carbonyl (C=O) groups is 3. The molecule has 0 atom stereocenters. The second-order valence-electron chi connectivity index (χ2n) is 7.18. The molecular weight excluding hydrogens is 384 g/mol. The molecule has 0 aliphatic rings. The van der Waals surface area contributed by atoms with E-state index in [9.17, 15) is 14.4 Å². The van der Waals surface area contributed by atoms with Crippen LogP contribution < -0.4 is 0 Å². The lowest BCUT2D eigenvalue weighted by Gasteiger charge is -2.22. The number of carbonyl (C=O) groups excluding carboxylic acids is 3. The highest BCUT2D eigenvalue weighted by Crippen LogP contribution is 2.20. The summed E-state index contributed by atoms with van der Waals surface area (Å²) in [5.74, 6) is -0.967. The largest absolute Gasteiger partial charge is 0.464 e. The van der Waals surface area contributed by atoms with E-state index in [0.29, 0.717) is 48.6 Å². The molecule has 30 heavy (non-hydrogen) atoms. The zero-order valence-corrected chi connectivity index (χ0v) is 18.3. The van der Waals surface area contributed by atoms with Crippen LogP contribution in [0.5, 0.6) is 0 Å².